The van der Waals surface area contributed by atoms with Gasteiger partial charge in [0.2, 0.25) is 0 Å². The summed E-state index contributed by atoms with van der Waals surface area (Å²) in [5.74, 6) is 0. The van der Waals surface area contributed by atoms with Crippen LogP contribution < -0.4 is 11.1 Å². The molecule has 3 nitrogen and oxygen atoms in total. The monoisotopic (exact) mass is 193 g/mol. The molecule has 0 atom stereocenters. The van der Waals surface area contributed by atoms with Crippen molar-refractivity contribution < 1.29 is 0 Å². The van der Waals surface area contributed by atoms with Gasteiger partial charge in [0.15, 0.2) is 0 Å². The Morgan fingerprint density at radius 2 is 1.86 bits per heavy atom. The number of hydrogen-bond donors (Lipinski definition) is 2. The van der Waals surface area contributed by atoms with Gasteiger partial charge in [0, 0.05) is 30.2 Å². The fourth-order valence-corrected chi connectivity index (χ4v) is 1.25. The van der Waals surface area contributed by atoms with Gasteiger partial charge >= 0.3 is 0 Å². The van der Waals surface area contributed by atoms with Crippen LogP contribution in [0.4, 0.5) is 5.69 Å². The standard InChI is InChI=1S/C11H19N3/c1-3-11(12,4-2)9-14-10-5-7-13-8-6-10/h5-8H,3-4,9,12H2,1-2H3,(H,13,14). The number of hydrogen-bond acceptors (Lipinski definition) is 3. The zero-order valence-electron chi connectivity index (χ0n) is 8.96. The molecule has 0 saturated heterocycles. The molecule has 1 heterocycles. The topological polar surface area (TPSA) is 50.9 Å². The van der Waals surface area contributed by atoms with E-state index in [9.17, 15) is 0 Å². The molecule has 1 aromatic heterocycles. The second-order valence-electron chi connectivity index (χ2n) is 3.66. The highest BCUT2D eigenvalue weighted by Crippen LogP contribution is 2.13. The molecule has 0 aliphatic heterocycles. The summed E-state index contributed by atoms with van der Waals surface area (Å²) in [6.07, 6.45) is 5.53. The van der Waals surface area contributed by atoms with Crippen LogP contribution in [0.2, 0.25) is 0 Å². The van der Waals surface area contributed by atoms with Crippen molar-refractivity contribution in [3.05, 3.63) is 24.5 Å². The average Bonchev–Trinajstić information content (AvgIpc) is 2.27. The van der Waals surface area contributed by atoms with Crippen molar-refractivity contribution in [3.8, 4) is 0 Å². The Morgan fingerprint density at radius 1 is 1.29 bits per heavy atom. The maximum atomic E-state index is 6.17. The summed E-state index contributed by atoms with van der Waals surface area (Å²) < 4.78 is 0. The first-order valence-electron chi connectivity index (χ1n) is 5.13. The van der Waals surface area contributed by atoms with E-state index >= 15 is 0 Å². The number of nitrogens with one attached hydrogen (secondary N) is 1. The third kappa shape index (κ3) is 3.00. The number of anilines is 1. The molecule has 0 unspecified atom stereocenters. The fraction of sp³-hybridized carbons (Fsp3) is 0.545. The highest BCUT2D eigenvalue weighted by atomic mass is 14.9. The van der Waals surface area contributed by atoms with E-state index in [-0.39, 0.29) is 5.54 Å². The van der Waals surface area contributed by atoms with E-state index in [0.29, 0.717) is 0 Å². The molecule has 3 N–H and O–H groups in total. The fourth-order valence-electron chi connectivity index (χ4n) is 1.25. The van der Waals surface area contributed by atoms with E-state index in [0.717, 1.165) is 25.1 Å². The van der Waals surface area contributed by atoms with Crippen LogP contribution in [0.3, 0.4) is 0 Å². The lowest BCUT2D eigenvalue weighted by Gasteiger charge is -2.27. The van der Waals surface area contributed by atoms with Gasteiger partial charge in [0.05, 0.1) is 0 Å². The van der Waals surface area contributed by atoms with E-state index < -0.39 is 0 Å². The van der Waals surface area contributed by atoms with Crippen LogP contribution in [-0.4, -0.2) is 17.1 Å². The smallest absolute Gasteiger partial charge is 0.0371 e. The van der Waals surface area contributed by atoms with Crippen LogP contribution in [0.15, 0.2) is 24.5 Å². The van der Waals surface area contributed by atoms with Crippen molar-refractivity contribution in [1.29, 1.82) is 0 Å². The summed E-state index contributed by atoms with van der Waals surface area (Å²) in [4.78, 5) is 3.96. The lowest BCUT2D eigenvalue weighted by Crippen LogP contribution is -2.45. The van der Waals surface area contributed by atoms with E-state index in [1.54, 1.807) is 12.4 Å². The summed E-state index contributed by atoms with van der Waals surface area (Å²) in [6.45, 7) is 5.06. The molecule has 0 spiro atoms. The molecule has 14 heavy (non-hydrogen) atoms. The second kappa shape index (κ2) is 4.96. The van der Waals surface area contributed by atoms with Crippen molar-refractivity contribution in [2.45, 2.75) is 32.2 Å². The number of aromatic nitrogens is 1. The zero-order chi connectivity index (χ0) is 10.4. The molecule has 0 radical (unpaired) electrons. The molecule has 0 saturated carbocycles. The van der Waals surface area contributed by atoms with Gasteiger partial charge in [-0.1, -0.05) is 13.8 Å². The Morgan fingerprint density at radius 3 is 2.36 bits per heavy atom. The van der Waals surface area contributed by atoms with Crippen molar-refractivity contribution in [2.75, 3.05) is 11.9 Å². The first-order chi connectivity index (χ1) is 6.70. The van der Waals surface area contributed by atoms with Gasteiger partial charge in [-0.05, 0) is 25.0 Å². The van der Waals surface area contributed by atoms with E-state index in [1.807, 2.05) is 12.1 Å². The summed E-state index contributed by atoms with van der Waals surface area (Å²) in [5.41, 5.74) is 7.15. The number of nitrogens with two attached hydrogens (primary N) is 1. The number of nitrogens with zero attached hydrogens (tertiary/aromatic N) is 1. The van der Waals surface area contributed by atoms with Gasteiger partial charge in [-0.3, -0.25) is 4.98 Å². The molecule has 0 aromatic carbocycles. The third-order valence-corrected chi connectivity index (χ3v) is 2.73. The van der Waals surface area contributed by atoms with Crippen LogP contribution in [0, 0.1) is 0 Å². The quantitative estimate of drug-likeness (QED) is 0.752. The first-order valence-corrected chi connectivity index (χ1v) is 5.13. The van der Waals surface area contributed by atoms with Crippen LogP contribution in [0.1, 0.15) is 26.7 Å². The summed E-state index contributed by atoms with van der Waals surface area (Å²) >= 11 is 0. The Bertz CT molecular complexity index is 254. The lowest BCUT2D eigenvalue weighted by atomic mass is 9.94. The zero-order valence-corrected chi connectivity index (χ0v) is 8.96. The summed E-state index contributed by atoms with van der Waals surface area (Å²) in [5, 5.41) is 3.32. The minimum atomic E-state index is -0.0940. The molecule has 0 amide bonds. The molecule has 0 aliphatic carbocycles. The minimum absolute atomic E-state index is 0.0940. The molecule has 0 aliphatic rings. The van der Waals surface area contributed by atoms with E-state index in [2.05, 4.69) is 24.1 Å². The van der Waals surface area contributed by atoms with Crippen molar-refractivity contribution in [3.63, 3.8) is 0 Å². The van der Waals surface area contributed by atoms with Gasteiger partial charge in [0.25, 0.3) is 0 Å². The average molecular weight is 193 g/mol. The number of pyridine rings is 1. The minimum Gasteiger partial charge on any atom is -0.383 e. The van der Waals surface area contributed by atoms with Gasteiger partial charge in [0.1, 0.15) is 0 Å². The lowest BCUT2D eigenvalue weighted by molar-refractivity contribution is 0.418. The van der Waals surface area contributed by atoms with Gasteiger partial charge in [-0.15, -0.1) is 0 Å². The van der Waals surface area contributed by atoms with Crippen LogP contribution in [-0.2, 0) is 0 Å². The molecule has 0 bridgehead atoms. The van der Waals surface area contributed by atoms with E-state index in [4.69, 9.17) is 5.73 Å². The molecule has 0 fully saturated rings. The van der Waals surface area contributed by atoms with Crippen LogP contribution in [0.25, 0.3) is 0 Å². The maximum absolute atomic E-state index is 6.17. The Labute approximate surface area is 85.7 Å². The second-order valence-corrected chi connectivity index (χ2v) is 3.66. The number of rotatable bonds is 5. The molecule has 3 heteroatoms. The van der Waals surface area contributed by atoms with Crippen molar-refractivity contribution in [1.82, 2.24) is 4.98 Å². The highest BCUT2D eigenvalue weighted by Gasteiger charge is 2.19. The molecule has 1 aromatic rings. The maximum Gasteiger partial charge on any atom is 0.0371 e. The predicted molar refractivity (Wildman–Crippen MR) is 60.2 cm³/mol. The normalized spacial score (nSPS) is 11.4. The largest absolute Gasteiger partial charge is 0.383 e. The van der Waals surface area contributed by atoms with Gasteiger partial charge in [-0.25, -0.2) is 0 Å². The molecular weight excluding hydrogens is 174 g/mol. The van der Waals surface area contributed by atoms with E-state index in [1.165, 1.54) is 0 Å². The van der Waals surface area contributed by atoms with Crippen LogP contribution >= 0.6 is 0 Å². The van der Waals surface area contributed by atoms with Crippen LogP contribution in [0.5, 0.6) is 0 Å². The molecule has 1 rings (SSSR count). The Balaban J connectivity index is 2.48. The molecular formula is C11H19N3. The molecule has 78 valence electrons. The third-order valence-electron chi connectivity index (χ3n) is 2.73. The Kier molecular flexibility index (Phi) is 3.89. The Hall–Kier alpha value is -1.09. The predicted octanol–water partition coefficient (Wildman–Crippen LogP) is 2.01. The van der Waals surface area contributed by atoms with Crippen molar-refractivity contribution in [2.24, 2.45) is 5.73 Å². The SMILES string of the molecule is CCC(N)(CC)CNc1ccncc1. The summed E-state index contributed by atoms with van der Waals surface area (Å²) in [7, 11) is 0. The van der Waals surface area contributed by atoms with Gasteiger partial charge in [-0.2, -0.15) is 0 Å². The summed E-state index contributed by atoms with van der Waals surface area (Å²) in [6, 6.07) is 3.90. The first kappa shape index (κ1) is 11.0. The van der Waals surface area contributed by atoms with Crippen molar-refractivity contribution >= 4 is 5.69 Å². The highest BCUT2D eigenvalue weighted by molar-refractivity contribution is 5.41. The van der Waals surface area contributed by atoms with Gasteiger partial charge < -0.3 is 11.1 Å².